The number of aromatic amines is 1. The van der Waals surface area contributed by atoms with Crippen LogP contribution in [0.5, 0.6) is 0 Å². The fourth-order valence-electron chi connectivity index (χ4n) is 4.47. The lowest BCUT2D eigenvalue weighted by Gasteiger charge is -2.57. The van der Waals surface area contributed by atoms with Crippen LogP contribution in [0.1, 0.15) is 0 Å². The van der Waals surface area contributed by atoms with E-state index in [0.717, 1.165) is 37.4 Å². The first kappa shape index (κ1) is 12.9. The SMILES string of the molecule is C1=CN2CN1C=c1cc/c([nH]1)=C/N1C=CN(C1)CN1C3=C4NC1(N3)N4C2. The quantitative estimate of drug-likeness (QED) is 0.501. The van der Waals surface area contributed by atoms with Crippen molar-refractivity contribution in [2.45, 2.75) is 5.91 Å². The lowest BCUT2D eigenvalue weighted by Crippen LogP contribution is -2.83. The zero-order chi connectivity index (χ0) is 16.9. The van der Waals surface area contributed by atoms with Crippen LogP contribution in [0.2, 0.25) is 0 Å². The molecule has 7 rings (SSSR count). The fourth-order valence-corrected chi connectivity index (χ4v) is 4.47. The van der Waals surface area contributed by atoms with Crippen molar-refractivity contribution in [1.82, 2.24) is 45.0 Å². The molecule has 6 aliphatic heterocycles. The van der Waals surface area contributed by atoms with Crippen molar-refractivity contribution in [2.24, 2.45) is 0 Å². The molecule has 9 nitrogen and oxygen atoms in total. The molecule has 11 bridgehead atoms. The van der Waals surface area contributed by atoms with Crippen molar-refractivity contribution in [3.63, 3.8) is 0 Å². The van der Waals surface area contributed by atoms with E-state index in [-0.39, 0.29) is 5.91 Å². The molecule has 7 heterocycles. The average molecular weight is 349 g/mol. The molecule has 9 heteroatoms. The van der Waals surface area contributed by atoms with Crippen LogP contribution >= 0.6 is 0 Å². The lowest BCUT2D eigenvalue weighted by molar-refractivity contribution is -0.153. The van der Waals surface area contributed by atoms with Gasteiger partial charge in [-0.05, 0) is 12.1 Å². The van der Waals surface area contributed by atoms with E-state index in [0.29, 0.717) is 0 Å². The van der Waals surface area contributed by atoms with Gasteiger partial charge in [0.25, 0.3) is 5.91 Å². The summed E-state index contributed by atoms with van der Waals surface area (Å²) in [7, 11) is 0. The zero-order valence-corrected chi connectivity index (χ0v) is 14.1. The maximum Gasteiger partial charge on any atom is 0.280 e. The molecule has 0 radical (unpaired) electrons. The Morgan fingerprint density at radius 2 is 1.23 bits per heavy atom. The molecule has 1 aromatic rings. The maximum absolute atomic E-state index is 3.56. The Kier molecular flexibility index (Phi) is 2.02. The summed E-state index contributed by atoms with van der Waals surface area (Å²) >= 11 is 0. The van der Waals surface area contributed by atoms with Crippen LogP contribution in [0.25, 0.3) is 12.4 Å². The lowest BCUT2D eigenvalue weighted by atomic mass is 10.3. The van der Waals surface area contributed by atoms with Gasteiger partial charge in [-0.1, -0.05) is 0 Å². The van der Waals surface area contributed by atoms with Gasteiger partial charge < -0.3 is 35.2 Å². The molecule has 0 aromatic carbocycles. The first-order valence-electron chi connectivity index (χ1n) is 8.88. The number of aromatic nitrogens is 1. The van der Waals surface area contributed by atoms with Gasteiger partial charge in [0.15, 0.2) is 11.6 Å². The van der Waals surface area contributed by atoms with Crippen LogP contribution in [-0.2, 0) is 0 Å². The van der Waals surface area contributed by atoms with Crippen molar-refractivity contribution in [2.75, 3.05) is 26.7 Å². The summed E-state index contributed by atoms with van der Waals surface area (Å²) in [5, 5.41) is 9.34. The molecule has 1 unspecified atom stereocenters. The Morgan fingerprint density at radius 1 is 0.692 bits per heavy atom. The second-order valence-electron chi connectivity index (χ2n) is 7.47. The molecule has 0 saturated carbocycles. The number of H-pyrrole nitrogens is 1. The largest absolute Gasteiger partial charge is 0.353 e. The number of nitrogens with zero attached hydrogens (tertiary/aromatic N) is 6. The first-order chi connectivity index (χ1) is 12.8. The second-order valence-corrected chi connectivity index (χ2v) is 7.47. The smallest absolute Gasteiger partial charge is 0.280 e. The van der Waals surface area contributed by atoms with Crippen LogP contribution in [0.4, 0.5) is 0 Å². The summed E-state index contributed by atoms with van der Waals surface area (Å²) in [5.41, 5.74) is 0. The third-order valence-corrected chi connectivity index (χ3v) is 5.75. The van der Waals surface area contributed by atoms with Crippen LogP contribution in [0.3, 0.4) is 0 Å². The minimum atomic E-state index is -0.233. The van der Waals surface area contributed by atoms with Gasteiger partial charge in [-0.15, -0.1) is 0 Å². The van der Waals surface area contributed by atoms with Crippen LogP contribution < -0.4 is 21.3 Å². The van der Waals surface area contributed by atoms with Crippen LogP contribution in [0.15, 0.2) is 48.6 Å². The van der Waals surface area contributed by atoms with Gasteiger partial charge in [0, 0.05) is 37.2 Å². The summed E-state index contributed by atoms with van der Waals surface area (Å²) in [4.78, 5) is 17.3. The molecular formula is C17H19N9. The molecule has 2 fully saturated rings. The number of hydrogen-bond donors (Lipinski definition) is 3. The Labute approximate surface area is 150 Å². The van der Waals surface area contributed by atoms with Crippen molar-refractivity contribution >= 4 is 12.4 Å². The van der Waals surface area contributed by atoms with E-state index < -0.39 is 0 Å². The number of fused-ring (bicyclic) bond motifs is 6. The van der Waals surface area contributed by atoms with Gasteiger partial charge in [-0.3, -0.25) is 9.80 Å². The third-order valence-electron chi connectivity index (χ3n) is 5.75. The molecule has 0 amide bonds. The maximum atomic E-state index is 3.56. The number of rotatable bonds is 0. The molecule has 2 saturated heterocycles. The van der Waals surface area contributed by atoms with E-state index in [2.05, 4.69) is 94.3 Å². The monoisotopic (exact) mass is 349 g/mol. The summed E-state index contributed by atoms with van der Waals surface area (Å²) < 4.78 is 0. The highest BCUT2D eigenvalue weighted by atomic mass is 15.9. The summed E-state index contributed by atoms with van der Waals surface area (Å²) in [5.74, 6) is 2.19. The molecule has 1 aromatic heterocycles. The van der Waals surface area contributed by atoms with Gasteiger partial charge >= 0.3 is 0 Å². The molecule has 1 atom stereocenters. The van der Waals surface area contributed by atoms with E-state index in [9.17, 15) is 0 Å². The van der Waals surface area contributed by atoms with Gasteiger partial charge in [0.1, 0.15) is 0 Å². The summed E-state index contributed by atoms with van der Waals surface area (Å²) in [6.45, 7) is 3.43. The minimum Gasteiger partial charge on any atom is -0.353 e. The van der Waals surface area contributed by atoms with E-state index >= 15 is 0 Å². The molecule has 26 heavy (non-hydrogen) atoms. The Morgan fingerprint density at radius 3 is 1.77 bits per heavy atom. The van der Waals surface area contributed by atoms with Crippen molar-refractivity contribution in [1.29, 1.82) is 0 Å². The van der Waals surface area contributed by atoms with E-state index in [4.69, 9.17) is 0 Å². The highest BCUT2D eigenvalue weighted by Gasteiger charge is 2.71. The molecular weight excluding hydrogens is 330 g/mol. The summed E-state index contributed by atoms with van der Waals surface area (Å²) in [6.07, 6.45) is 12.9. The predicted molar refractivity (Wildman–Crippen MR) is 93.8 cm³/mol. The molecule has 6 aliphatic rings. The van der Waals surface area contributed by atoms with Crippen molar-refractivity contribution in [3.05, 3.63) is 59.3 Å². The highest BCUT2D eigenvalue weighted by molar-refractivity contribution is 5.42. The van der Waals surface area contributed by atoms with Crippen molar-refractivity contribution in [3.8, 4) is 0 Å². The van der Waals surface area contributed by atoms with Crippen molar-refractivity contribution < 1.29 is 0 Å². The molecule has 1 spiro atoms. The van der Waals surface area contributed by atoms with Crippen LogP contribution in [0, 0.1) is 0 Å². The Hall–Kier alpha value is -3.36. The van der Waals surface area contributed by atoms with Gasteiger partial charge in [0.05, 0.1) is 37.4 Å². The van der Waals surface area contributed by atoms with Crippen LogP contribution in [-0.4, -0.2) is 67.0 Å². The predicted octanol–water partition coefficient (Wildman–Crippen LogP) is -1.93. The van der Waals surface area contributed by atoms with Gasteiger partial charge in [-0.2, -0.15) is 0 Å². The second kappa shape index (κ2) is 4.06. The number of nitrogens with one attached hydrogen (secondary N) is 3. The highest BCUT2D eigenvalue weighted by Crippen LogP contribution is 2.50. The standard InChI is InChI=1S/C17H19N9/c1-2-14-8-22-4-6-24(10-22)12-26-16-15-19-17(26,20-16)25(15)11-23-5-3-21(9-23)7-13(1)18-14/h1-8,18-20H,9-12H2/b13-7-,14-8?. The number of hydrogen-bond acceptors (Lipinski definition) is 8. The van der Waals surface area contributed by atoms with E-state index in [1.54, 1.807) is 0 Å². The van der Waals surface area contributed by atoms with Gasteiger partial charge in [0.2, 0.25) is 0 Å². The molecule has 0 aliphatic carbocycles. The Balaban J connectivity index is 1.27. The normalized spacial score (nSPS) is 30.7. The third kappa shape index (κ3) is 1.47. The first-order valence-corrected chi connectivity index (χ1v) is 8.88. The minimum absolute atomic E-state index is 0.233. The van der Waals surface area contributed by atoms with Gasteiger partial charge in [-0.25, -0.2) is 0 Å². The van der Waals surface area contributed by atoms with E-state index in [1.807, 2.05) is 0 Å². The zero-order valence-electron chi connectivity index (χ0n) is 14.1. The topological polar surface area (TPSA) is 59.3 Å². The molecule has 3 N–H and O–H groups in total. The Bertz CT molecular complexity index is 939. The van der Waals surface area contributed by atoms with E-state index in [1.165, 1.54) is 11.6 Å². The molecule has 132 valence electrons. The average Bonchev–Trinajstić information content (AvgIpc) is 3.41. The summed E-state index contributed by atoms with van der Waals surface area (Å²) in [6, 6.07) is 4.25. The fraction of sp³-hybridized carbons (Fsp3) is 0.294.